The van der Waals surface area contributed by atoms with Gasteiger partial charge in [-0.2, -0.15) is 32.2 Å². The summed E-state index contributed by atoms with van der Waals surface area (Å²) in [7, 11) is -19.2. The van der Waals surface area contributed by atoms with Crippen LogP contribution in [-0.2, 0) is 63.0 Å². The minimum absolute atomic E-state index is 0.0395. The van der Waals surface area contributed by atoms with E-state index in [0.717, 1.165) is 54.6 Å². The summed E-state index contributed by atoms with van der Waals surface area (Å²) in [5.74, 6) is -2.93. The molecule has 39 heteroatoms. The van der Waals surface area contributed by atoms with Crippen LogP contribution in [-0.4, -0.2) is 85.9 Å². The highest BCUT2D eigenvalue weighted by Crippen LogP contribution is 2.50. The van der Waals surface area contributed by atoms with Crippen molar-refractivity contribution in [1.29, 1.82) is 0 Å². The van der Waals surface area contributed by atoms with Gasteiger partial charge in [-0.05, 0) is 109 Å². The molecule has 0 aliphatic heterocycles. The van der Waals surface area contributed by atoms with Gasteiger partial charge < -0.3 is 21.1 Å². The number of nitrogens with one attached hydrogen (secondary N) is 1. The molecule has 0 heterocycles. The van der Waals surface area contributed by atoms with Crippen LogP contribution in [0.2, 0.25) is 0 Å². The largest absolute Gasteiger partial charge is 0.505 e. The van der Waals surface area contributed by atoms with Gasteiger partial charge in [0.05, 0.1) is 72.1 Å². The summed E-state index contributed by atoms with van der Waals surface area (Å²) in [6.07, 6.45) is 0. The number of nitro benzene ring substituents is 1. The Kier molecular flexibility index (Phi) is 19.0. The number of nitrogens with two attached hydrogens (primary N) is 1. The van der Waals surface area contributed by atoms with Crippen molar-refractivity contribution < 1.29 is 96.5 Å². The fourth-order valence-corrected chi connectivity index (χ4v) is 11.0. The number of benzene rings is 7. The normalized spacial score (nSPS) is 12.6. The Balaban J connectivity index is 1.11. The second kappa shape index (κ2) is 25.5. The van der Waals surface area contributed by atoms with Crippen molar-refractivity contribution in [2.24, 2.45) is 40.9 Å². The lowest BCUT2D eigenvalue weighted by molar-refractivity contribution is -0.434. The van der Waals surface area contributed by atoms with Gasteiger partial charge in [0, 0.05) is 17.8 Å². The molecule has 0 bridgehead atoms. The number of phenolic OH excluding ortho intramolecular Hbond substituents is 3. The highest BCUT2D eigenvalue weighted by Gasteiger charge is 2.27. The van der Waals surface area contributed by atoms with Crippen LogP contribution in [0.15, 0.2) is 181 Å². The zero-order valence-electron chi connectivity index (χ0n) is 39.7. The summed E-state index contributed by atoms with van der Waals surface area (Å²) in [4.78, 5) is 6.93. The Morgan fingerprint density at radius 3 is 1.74 bits per heavy atom. The molecule has 0 saturated heterocycles. The SMILES string of the molecule is Nc1c(/N=N/c2ccc(S(=O)(=O)CCOSOOO)cc2S(=O)(=O)O)c(SOOO)cc2cc(S(=O)(=O)O)c(/N=N/c3ccc(S(=O)(=O)Nc4ccc(/N=N/c5c(O)ccc(N=Nc6ccc([N+](=O)[O-])cc6)c5O)cc4)cc3)c(O)c12. The van der Waals surface area contributed by atoms with Crippen LogP contribution >= 0.6 is 24.4 Å². The highest BCUT2D eigenvalue weighted by atomic mass is 32.2. The van der Waals surface area contributed by atoms with E-state index in [2.05, 4.69) is 64.4 Å². The van der Waals surface area contributed by atoms with E-state index >= 15 is 0 Å². The van der Waals surface area contributed by atoms with E-state index in [0.29, 0.717) is 6.07 Å². The Morgan fingerprint density at radius 2 is 1.14 bits per heavy atom. The van der Waals surface area contributed by atoms with E-state index in [1.54, 1.807) is 0 Å². The van der Waals surface area contributed by atoms with Crippen molar-refractivity contribution in [2.45, 2.75) is 24.5 Å². The molecule has 0 fully saturated rings. The molecule has 7 aromatic carbocycles. The molecule has 0 radical (unpaired) electrons. The van der Waals surface area contributed by atoms with Crippen molar-refractivity contribution in [3.8, 4) is 17.2 Å². The monoisotopic (exact) mass is 1240 g/mol. The summed E-state index contributed by atoms with van der Waals surface area (Å²) >= 11 is 0.235. The number of anilines is 2. The number of nitrogens with zero attached hydrogens (tertiary/aromatic N) is 9. The Labute approximate surface area is 462 Å². The third-order valence-electron chi connectivity index (χ3n) is 10.4. The van der Waals surface area contributed by atoms with Crippen molar-refractivity contribution in [3.05, 3.63) is 125 Å². The molecule has 424 valence electrons. The lowest BCUT2D eigenvalue weighted by atomic mass is 10.1. The second-order valence-electron chi connectivity index (χ2n) is 15.5. The number of hydrogen-bond donors (Lipinski definition) is 9. The number of aromatic hydroxyl groups is 3. The van der Waals surface area contributed by atoms with E-state index in [1.165, 1.54) is 54.6 Å². The van der Waals surface area contributed by atoms with Crippen LogP contribution in [0.5, 0.6) is 17.2 Å². The first-order valence-corrected chi connectivity index (χ1v) is 28.8. The third-order valence-corrected chi connectivity index (χ3v) is 16.2. The zero-order chi connectivity index (χ0) is 58.9. The van der Waals surface area contributed by atoms with Gasteiger partial charge in [0.15, 0.2) is 39.3 Å². The molecular weight excluding hydrogens is 1200 g/mol. The second-order valence-corrected chi connectivity index (χ2v) is 23.3. The van der Waals surface area contributed by atoms with Gasteiger partial charge in [0.25, 0.3) is 35.9 Å². The number of sulfone groups is 1. The first-order chi connectivity index (χ1) is 38.3. The zero-order valence-corrected chi connectivity index (χ0v) is 44.6. The van der Waals surface area contributed by atoms with Crippen LogP contribution in [0.3, 0.4) is 0 Å². The quantitative estimate of drug-likeness (QED) is 0.00397. The van der Waals surface area contributed by atoms with Gasteiger partial charge >= 0.3 is 0 Å². The molecule has 7 aromatic rings. The number of phenols is 3. The summed E-state index contributed by atoms with van der Waals surface area (Å²) in [5.41, 5.74) is 3.24. The smallest absolute Gasteiger partial charge is 0.296 e. The molecule has 0 aliphatic carbocycles. The molecule has 33 nitrogen and oxygen atoms in total. The van der Waals surface area contributed by atoms with Gasteiger partial charge in [-0.3, -0.25) is 28.1 Å². The molecule has 0 aliphatic rings. The lowest BCUT2D eigenvalue weighted by Gasteiger charge is -2.14. The van der Waals surface area contributed by atoms with Crippen molar-refractivity contribution >= 4 is 138 Å². The molecule has 10 N–H and O–H groups in total. The lowest BCUT2D eigenvalue weighted by Crippen LogP contribution is -2.12. The van der Waals surface area contributed by atoms with E-state index in [4.69, 9.17) is 20.4 Å². The molecular formula is C42H33N11O22S6. The average Bonchev–Trinajstić information content (AvgIpc) is 3.59. The van der Waals surface area contributed by atoms with E-state index in [9.17, 15) is 68.2 Å². The van der Waals surface area contributed by atoms with Crippen LogP contribution < -0.4 is 10.5 Å². The van der Waals surface area contributed by atoms with Crippen LogP contribution in [0, 0.1) is 10.1 Å². The summed E-state index contributed by atoms with van der Waals surface area (Å²) in [5, 5.41) is 97.8. The van der Waals surface area contributed by atoms with Crippen molar-refractivity contribution in [3.63, 3.8) is 0 Å². The fourth-order valence-electron chi connectivity index (χ4n) is 6.64. The molecule has 0 spiro atoms. The first-order valence-electron chi connectivity index (χ1n) is 21.4. The van der Waals surface area contributed by atoms with E-state index in [1.807, 2.05) is 0 Å². The maximum Gasteiger partial charge on any atom is 0.296 e. The van der Waals surface area contributed by atoms with Crippen molar-refractivity contribution in [2.75, 3.05) is 22.8 Å². The van der Waals surface area contributed by atoms with Crippen molar-refractivity contribution in [1.82, 2.24) is 0 Å². The van der Waals surface area contributed by atoms with Crippen LogP contribution in [0.1, 0.15) is 0 Å². The maximum atomic E-state index is 13.4. The van der Waals surface area contributed by atoms with Gasteiger partial charge in [0.1, 0.15) is 38.3 Å². The number of fused-ring (bicyclic) bond motifs is 1. The Bertz CT molecular complexity index is 4140. The molecule has 81 heavy (non-hydrogen) atoms. The predicted molar refractivity (Wildman–Crippen MR) is 280 cm³/mol. The van der Waals surface area contributed by atoms with Gasteiger partial charge in [0.2, 0.25) is 0 Å². The van der Waals surface area contributed by atoms with Gasteiger partial charge in [-0.15, -0.1) is 34.2 Å². The molecule has 0 unspecified atom stereocenters. The standard InChI is InChI=1S/C42H33N11O22S6/c43-37-36-22(19-33(76-74-72-59)39(37)50-47-30-14-13-29(21-34(30)80(65,66)67)78(61,62)18-17-71-77-75-73-60)20-35(81(68,69)70)40(42(36)56)51-46-25-7-11-28(12-8-25)79(63,64)52-26-3-1-23(2-4-26)45-49-38-32(54)16-15-31(41(38)55)48-44-24-5-9-27(10-6-24)53(57)58/h1-16,19-21,52,54-56,59-60H,17-18,43H2,(H,65,66,67)(H,68,69,70)/b48-44?,49-45+,50-47+,51-46+. The van der Waals surface area contributed by atoms with Gasteiger partial charge in [-0.25, -0.2) is 27.4 Å². The van der Waals surface area contributed by atoms with Crippen LogP contribution in [0.4, 0.5) is 62.6 Å². The topological polar surface area (TPSA) is 504 Å². The van der Waals surface area contributed by atoms with Crippen LogP contribution in [0.25, 0.3) is 10.8 Å². The maximum absolute atomic E-state index is 13.4. The first kappa shape index (κ1) is 60.4. The fraction of sp³-hybridized carbons (Fsp3) is 0.0476. The highest BCUT2D eigenvalue weighted by molar-refractivity contribution is 7.94. The number of rotatable bonds is 24. The Morgan fingerprint density at radius 1 is 0.593 bits per heavy atom. The van der Waals surface area contributed by atoms with E-state index in [-0.39, 0.29) is 73.7 Å². The predicted octanol–water partition coefficient (Wildman–Crippen LogP) is 10.6. The Hall–Kier alpha value is -8.26. The summed E-state index contributed by atoms with van der Waals surface area (Å²) in [6, 6.07) is 21.3. The molecule has 0 atom stereocenters. The summed E-state index contributed by atoms with van der Waals surface area (Å²) in [6.45, 7) is -0.560. The number of azo groups is 4. The van der Waals surface area contributed by atoms with E-state index < -0.39 is 123 Å². The minimum Gasteiger partial charge on any atom is -0.505 e. The number of non-ortho nitro benzene ring substituents is 1. The molecule has 0 amide bonds. The number of hydrogen-bond acceptors (Lipinski definition) is 31. The molecule has 0 saturated carbocycles. The number of nitrogen functional groups attached to an aromatic ring is 1. The number of nitro groups is 1. The minimum atomic E-state index is -5.28. The number of sulfonamides is 1. The molecule has 7 rings (SSSR count). The van der Waals surface area contributed by atoms with Gasteiger partial charge in [-0.1, -0.05) is 10.1 Å². The summed E-state index contributed by atoms with van der Waals surface area (Å²) < 4.78 is 139. The third kappa shape index (κ3) is 15.0. The average molecular weight is 1240 g/mol. The molecule has 0 aromatic heterocycles.